The summed E-state index contributed by atoms with van der Waals surface area (Å²) in [6, 6.07) is 11.8. The van der Waals surface area contributed by atoms with E-state index in [1.54, 1.807) is 12.1 Å². The Kier molecular flexibility index (Phi) is 4.56. The van der Waals surface area contributed by atoms with Crippen molar-refractivity contribution in [2.24, 2.45) is 0 Å². The van der Waals surface area contributed by atoms with Gasteiger partial charge in [-0.25, -0.2) is 0 Å². The van der Waals surface area contributed by atoms with Crippen molar-refractivity contribution in [1.29, 1.82) is 0 Å². The van der Waals surface area contributed by atoms with Gasteiger partial charge in [0.1, 0.15) is 5.69 Å². The molecule has 25 heavy (non-hydrogen) atoms. The van der Waals surface area contributed by atoms with Crippen molar-refractivity contribution in [2.45, 2.75) is 13.5 Å². The normalized spacial score (nSPS) is 10.9. The van der Waals surface area contributed by atoms with Crippen LogP contribution in [0.25, 0.3) is 10.9 Å². The Labute approximate surface area is 142 Å². The number of halogens is 2. The van der Waals surface area contributed by atoms with Crippen LogP contribution < -0.4 is 14.8 Å². The van der Waals surface area contributed by atoms with Gasteiger partial charge in [-0.1, -0.05) is 12.1 Å². The van der Waals surface area contributed by atoms with E-state index in [-0.39, 0.29) is 17.4 Å². The van der Waals surface area contributed by atoms with Gasteiger partial charge in [0, 0.05) is 22.7 Å². The summed E-state index contributed by atoms with van der Waals surface area (Å²) < 4.78 is 34.3. The molecule has 0 aliphatic rings. The summed E-state index contributed by atoms with van der Waals surface area (Å²) in [4.78, 5) is 15.4. The minimum Gasteiger partial charge on any atom is -0.493 e. The smallest absolute Gasteiger partial charge is 0.387 e. The van der Waals surface area contributed by atoms with Crippen LogP contribution in [0.15, 0.2) is 42.5 Å². The number of aryl methyl sites for hydroxylation is 1. The van der Waals surface area contributed by atoms with Crippen LogP contribution >= 0.6 is 0 Å². The molecule has 0 radical (unpaired) electrons. The molecule has 1 heterocycles. The maximum Gasteiger partial charge on any atom is 0.387 e. The lowest BCUT2D eigenvalue weighted by Crippen LogP contribution is -2.12. The number of benzene rings is 2. The molecule has 1 aromatic heterocycles. The summed E-state index contributed by atoms with van der Waals surface area (Å²) in [6.07, 6.45) is 0. The molecule has 5 nitrogen and oxygen atoms in total. The molecule has 130 valence electrons. The second-order valence-corrected chi connectivity index (χ2v) is 5.47. The van der Waals surface area contributed by atoms with Crippen molar-refractivity contribution in [3.05, 3.63) is 53.7 Å². The highest BCUT2D eigenvalue weighted by Gasteiger charge is 2.14. The van der Waals surface area contributed by atoms with E-state index in [1.165, 1.54) is 19.2 Å². The molecule has 0 saturated heterocycles. The Morgan fingerprint density at radius 1 is 1.12 bits per heavy atom. The second kappa shape index (κ2) is 6.80. The topological polar surface area (TPSA) is 63.3 Å². The molecular weight excluding hydrogens is 330 g/mol. The fraction of sp³-hybridized carbons (Fsp3) is 0.167. The van der Waals surface area contributed by atoms with Crippen LogP contribution in [0.1, 0.15) is 16.1 Å². The first kappa shape index (κ1) is 16.8. The first-order valence-corrected chi connectivity index (χ1v) is 7.50. The molecule has 2 N–H and O–H groups in total. The zero-order valence-electron chi connectivity index (χ0n) is 13.6. The van der Waals surface area contributed by atoms with Crippen LogP contribution in [0.3, 0.4) is 0 Å². The molecule has 0 saturated carbocycles. The molecule has 2 aromatic carbocycles. The third-order valence-corrected chi connectivity index (χ3v) is 3.66. The van der Waals surface area contributed by atoms with Crippen molar-refractivity contribution >= 4 is 22.5 Å². The van der Waals surface area contributed by atoms with Crippen molar-refractivity contribution in [3.8, 4) is 11.5 Å². The molecule has 0 unspecified atom stereocenters. The number of methoxy groups -OCH3 is 1. The number of carbonyl (C=O) groups excluding carboxylic acids is 1. The minimum atomic E-state index is -2.99. The van der Waals surface area contributed by atoms with E-state index in [9.17, 15) is 13.6 Å². The van der Waals surface area contributed by atoms with Crippen molar-refractivity contribution in [2.75, 3.05) is 12.4 Å². The summed E-state index contributed by atoms with van der Waals surface area (Å²) in [5, 5.41) is 3.56. The van der Waals surface area contributed by atoms with E-state index in [1.807, 2.05) is 25.1 Å². The average molecular weight is 346 g/mol. The number of aromatic nitrogens is 1. The highest BCUT2D eigenvalue weighted by atomic mass is 19.3. The molecule has 3 rings (SSSR count). The first-order valence-electron chi connectivity index (χ1n) is 7.50. The van der Waals surface area contributed by atoms with E-state index in [2.05, 4.69) is 15.0 Å². The van der Waals surface area contributed by atoms with Crippen LogP contribution in [-0.4, -0.2) is 24.6 Å². The second-order valence-electron chi connectivity index (χ2n) is 5.47. The van der Waals surface area contributed by atoms with Gasteiger partial charge in [0.05, 0.1) is 7.11 Å². The predicted octanol–water partition coefficient (Wildman–Crippen LogP) is 4.34. The summed E-state index contributed by atoms with van der Waals surface area (Å²) >= 11 is 0. The zero-order chi connectivity index (χ0) is 18.0. The molecule has 0 aliphatic carbocycles. The molecule has 7 heteroatoms. The molecule has 3 aromatic rings. The van der Waals surface area contributed by atoms with E-state index in [0.29, 0.717) is 11.4 Å². The molecular formula is C18H16F2N2O3. The van der Waals surface area contributed by atoms with Crippen LogP contribution in [-0.2, 0) is 0 Å². The largest absolute Gasteiger partial charge is 0.493 e. The molecule has 0 bridgehead atoms. The van der Waals surface area contributed by atoms with Gasteiger partial charge in [0.2, 0.25) is 0 Å². The Balaban J connectivity index is 1.84. The number of amides is 1. The number of nitrogens with one attached hydrogen (secondary N) is 2. The van der Waals surface area contributed by atoms with E-state index in [4.69, 9.17) is 4.74 Å². The summed E-state index contributed by atoms with van der Waals surface area (Å²) in [6.45, 7) is -1.03. The van der Waals surface area contributed by atoms with Gasteiger partial charge in [0.15, 0.2) is 11.5 Å². The number of alkyl halides is 2. The number of ether oxygens (including phenoxy) is 2. The summed E-state index contributed by atoms with van der Waals surface area (Å²) in [7, 11) is 1.35. The lowest BCUT2D eigenvalue weighted by Gasteiger charge is -2.12. The molecule has 0 aliphatic heterocycles. The monoisotopic (exact) mass is 346 g/mol. The standard InChI is InChI=1S/C18H16F2N2O3/c1-10-3-4-11-8-14(22-13(11)7-10)17(23)21-12-5-6-15(24-2)16(9-12)25-18(19)20/h3-9,18,22H,1-2H3,(H,21,23). The quantitative estimate of drug-likeness (QED) is 0.722. The predicted molar refractivity (Wildman–Crippen MR) is 90.6 cm³/mol. The molecule has 0 fully saturated rings. The van der Waals surface area contributed by atoms with Crippen molar-refractivity contribution in [1.82, 2.24) is 4.98 Å². The number of hydrogen-bond acceptors (Lipinski definition) is 3. The first-order chi connectivity index (χ1) is 12.0. The summed E-state index contributed by atoms with van der Waals surface area (Å²) in [5.74, 6) is -0.385. The maximum atomic E-state index is 12.5. The van der Waals surface area contributed by atoms with Gasteiger partial charge in [-0.3, -0.25) is 4.79 Å². The summed E-state index contributed by atoms with van der Waals surface area (Å²) in [5.41, 5.74) is 2.61. The van der Waals surface area contributed by atoms with Gasteiger partial charge < -0.3 is 19.8 Å². The Hall–Kier alpha value is -3.09. The van der Waals surface area contributed by atoms with Crippen LogP contribution in [0.5, 0.6) is 11.5 Å². The Morgan fingerprint density at radius 2 is 1.92 bits per heavy atom. The van der Waals surface area contributed by atoms with E-state index in [0.717, 1.165) is 16.5 Å². The maximum absolute atomic E-state index is 12.5. The number of aromatic amines is 1. The van der Waals surface area contributed by atoms with E-state index >= 15 is 0 Å². The molecule has 0 spiro atoms. The van der Waals surface area contributed by atoms with Gasteiger partial charge in [0.25, 0.3) is 5.91 Å². The zero-order valence-corrected chi connectivity index (χ0v) is 13.6. The van der Waals surface area contributed by atoms with Crippen LogP contribution in [0, 0.1) is 6.92 Å². The number of fused-ring (bicyclic) bond motifs is 1. The SMILES string of the molecule is COc1ccc(NC(=O)c2cc3ccc(C)cc3[nH]2)cc1OC(F)F. The molecule has 0 atom stereocenters. The number of hydrogen-bond donors (Lipinski definition) is 2. The lowest BCUT2D eigenvalue weighted by molar-refractivity contribution is -0.0511. The lowest BCUT2D eigenvalue weighted by atomic mass is 10.2. The Morgan fingerprint density at radius 3 is 2.64 bits per heavy atom. The van der Waals surface area contributed by atoms with Crippen LogP contribution in [0.2, 0.25) is 0 Å². The number of H-pyrrole nitrogens is 1. The average Bonchev–Trinajstić information content (AvgIpc) is 2.98. The number of anilines is 1. The van der Waals surface area contributed by atoms with E-state index < -0.39 is 6.61 Å². The van der Waals surface area contributed by atoms with Gasteiger partial charge in [-0.05, 0) is 36.8 Å². The Bertz CT molecular complexity index is 922. The van der Waals surface area contributed by atoms with Gasteiger partial charge >= 0.3 is 6.61 Å². The highest BCUT2D eigenvalue weighted by molar-refractivity contribution is 6.06. The number of carbonyl (C=O) groups is 1. The van der Waals surface area contributed by atoms with Gasteiger partial charge in [-0.15, -0.1) is 0 Å². The van der Waals surface area contributed by atoms with Gasteiger partial charge in [-0.2, -0.15) is 8.78 Å². The highest BCUT2D eigenvalue weighted by Crippen LogP contribution is 2.31. The van der Waals surface area contributed by atoms with Crippen molar-refractivity contribution in [3.63, 3.8) is 0 Å². The molecule has 1 amide bonds. The fourth-order valence-corrected chi connectivity index (χ4v) is 2.50. The third kappa shape index (κ3) is 3.71. The fourth-order valence-electron chi connectivity index (χ4n) is 2.50. The number of rotatable bonds is 5. The van der Waals surface area contributed by atoms with Crippen molar-refractivity contribution < 1.29 is 23.0 Å². The third-order valence-electron chi connectivity index (χ3n) is 3.66. The minimum absolute atomic E-state index is 0.150. The van der Waals surface area contributed by atoms with Crippen LogP contribution in [0.4, 0.5) is 14.5 Å².